The van der Waals surface area contributed by atoms with Crippen LogP contribution >= 0.6 is 0 Å². The van der Waals surface area contributed by atoms with Gasteiger partial charge >= 0.3 is 0 Å². The molecule has 88 valence electrons. The minimum Gasteiger partial charge on any atom is -0.481 e. The first-order valence-electron chi connectivity index (χ1n) is 5.27. The molecule has 0 spiro atoms. The van der Waals surface area contributed by atoms with Crippen LogP contribution in [0.15, 0.2) is 12.3 Å². The Labute approximate surface area is 94.4 Å². The monoisotopic (exact) mass is 224 g/mol. The Balaban J connectivity index is 2.10. The summed E-state index contributed by atoms with van der Waals surface area (Å²) >= 11 is 0. The zero-order valence-electron chi connectivity index (χ0n) is 9.30. The Hall–Kier alpha value is -1.40. The van der Waals surface area contributed by atoms with Crippen molar-refractivity contribution in [3.8, 4) is 5.88 Å². The molecule has 0 radical (unpaired) electrons. The van der Waals surface area contributed by atoms with Crippen LogP contribution in [0, 0.1) is 0 Å². The molecular weight excluding hydrogens is 208 g/mol. The van der Waals surface area contributed by atoms with Gasteiger partial charge in [0.1, 0.15) is 0 Å². The lowest BCUT2D eigenvalue weighted by atomic mass is 10.3. The van der Waals surface area contributed by atoms with Gasteiger partial charge in [-0.05, 0) is 0 Å². The molecule has 1 unspecified atom stereocenters. The first-order valence-corrected chi connectivity index (χ1v) is 5.27. The molecule has 1 aromatic rings. The molecular formula is C10H16N4O2. The molecule has 0 aliphatic carbocycles. The molecule has 2 N–H and O–H groups in total. The average Bonchev–Trinajstić information content (AvgIpc) is 2.39. The third-order valence-corrected chi connectivity index (χ3v) is 2.51. The third-order valence-electron chi connectivity index (χ3n) is 2.51. The highest BCUT2D eigenvalue weighted by Gasteiger charge is 2.21. The highest BCUT2D eigenvalue weighted by Crippen LogP contribution is 2.15. The van der Waals surface area contributed by atoms with Crippen LogP contribution in [-0.2, 0) is 4.74 Å². The van der Waals surface area contributed by atoms with Crippen LogP contribution in [0.25, 0.3) is 0 Å². The second kappa shape index (κ2) is 5.09. The lowest BCUT2D eigenvalue weighted by Crippen LogP contribution is -2.46. The maximum Gasteiger partial charge on any atom is 0.228 e. The van der Waals surface area contributed by atoms with E-state index in [4.69, 9.17) is 15.2 Å². The normalized spacial score (nSPS) is 20.9. The Morgan fingerprint density at radius 3 is 3.31 bits per heavy atom. The van der Waals surface area contributed by atoms with Crippen molar-refractivity contribution in [1.29, 1.82) is 0 Å². The SMILES string of the molecule is COc1ccnc(N2CCOC(CN)C2)n1. The van der Waals surface area contributed by atoms with Crippen LogP contribution in [0.4, 0.5) is 5.95 Å². The van der Waals surface area contributed by atoms with Gasteiger partial charge in [0.2, 0.25) is 11.8 Å². The van der Waals surface area contributed by atoms with Gasteiger partial charge in [0.05, 0.1) is 19.8 Å². The fourth-order valence-corrected chi connectivity index (χ4v) is 1.64. The van der Waals surface area contributed by atoms with Crippen LogP contribution in [0.5, 0.6) is 5.88 Å². The van der Waals surface area contributed by atoms with Gasteiger partial charge in [0, 0.05) is 31.9 Å². The molecule has 0 aromatic carbocycles. The second-order valence-corrected chi connectivity index (χ2v) is 3.57. The first-order chi connectivity index (χ1) is 7.83. The molecule has 6 nitrogen and oxygen atoms in total. The lowest BCUT2D eigenvalue weighted by Gasteiger charge is -2.32. The predicted molar refractivity (Wildman–Crippen MR) is 59.6 cm³/mol. The molecule has 1 fully saturated rings. The van der Waals surface area contributed by atoms with Gasteiger partial charge in [-0.2, -0.15) is 4.98 Å². The Morgan fingerprint density at radius 2 is 2.56 bits per heavy atom. The van der Waals surface area contributed by atoms with E-state index in [1.54, 1.807) is 19.4 Å². The summed E-state index contributed by atoms with van der Waals surface area (Å²) in [6.07, 6.45) is 1.75. The highest BCUT2D eigenvalue weighted by molar-refractivity contribution is 5.32. The quantitative estimate of drug-likeness (QED) is 0.756. The summed E-state index contributed by atoms with van der Waals surface area (Å²) in [5.74, 6) is 1.24. The van der Waals surface area contributed by atoms with Crippen LogP contribution in [0.1, 0.15) is 0 Å². The predicted octanol–water partition coefficient (Wildman–Crippen LogP) is -0.351. The van der Waals surface area contributed by atoms with Gasteiger partial charge < -0.3 is 20.1 Å². The van der Waals surface area contributed by atoms with E-state index in [1.165, 1.54) is 0 Å². The summed E-state index contributed by atoms with van der Waals surface area (Å²) in [4.78, 5) is 10.6. The average molecular weight is 224 g/mol. The minimum absolute atomic E-state index is 0.0588. The second-order valence-electron chi connectivity index (χ2n) is 3.57. The van der Waals surface area contributed by atoms with Crippen LogP contribution < -0.4 is 15.4 Å². The van der Waals surface area contributed by atoms with E-state index in [9.17, 15) is 0 Å². The van der Waals surface area contributed by atoms with Crippen molar-refractivity contribution in [3.63, 3.8) is 0 Å². The van der Waals surface area contributed by atoms with Crippen LogP contribution in [0.3, 0.4) is 0 Å². The zero-order chi connectivity index (χ0) is 11.4. The molecule has 2 rings (SSSR count). The third kappa shape index (κ3) is 2.40. The molecule has 1 atom stereocenters. The van der Waals surface area contributed by atoms with Crippen LogP contribution in [-0.4, -0.2) is 49.4 Å². The van der Waals surface area contributed by atoms with E-state index in [0.29, 0.717) is 25.0 Å². The van der Waals surface area contributed by atoms with E-state index < -0.39 is 0 Å². The van der Waals surface area contributed by atoms with Crippen molar-refractivity contribution in [3.05, 3.63) is 12.3 Å². The number of rotatable bonds is 3. The first kappa shape index (κ1) is 11.1. The van der Waals surface area contributed by atoms with Gasteiger partial charge in [0.15, 0.2) is 0 Å². The highest BCUT2D eigenvalue weighted by atomic mass is 16.5. The van der Waals surface area contributed by atoms with Crippen LogP contribution in [0.2, 0.25) is 0 Å². The van der Waals surface area contributed by atoms with E-state index in [0.717, 1.165) is 13.1 Å². The smallest absolute Gasteiger partial charge is 0.228 e. The zero-order valence-corrected chi connectivity index (χ0v) is 9.30. The molecule has 1 aliphatic heterocycles. The van der Waals surface area contributed by atoms with Crippen molar-refractivity contribution in [2.45, 2.75) is 6.10 Å². The number of methoxy groups -OCH3 is 1. The van der Waals surface area contributed by atoms with Gasteiger partial charge in [-0.15, -0.1) is 0 Å². The number of nitrogens with two attached hydrogens (primary N) is 1. The molecule has 0 amide bonds. The molecule has 2 heterocycles. The fourth-order valence-electron chi connectivity index (χ4n) is 1.64. The minimum atomic E-state index is 0.0588. The van der Waals surface area contributed by atoms with Gasteiger partial charge in [-0.1, -0.05) is 0 Å². The van der Waals surface area contributed by atoms with Crippen molar-refractivity contribution in [2.24, 2.45) is 5.73 Å². The van der Waals surface area contributed by atoms with Gasteiger partial charge in [-0.3, -0.25) is 0 Å². The van der Waals surface area contributed by atoms with Gasteiger partial charge in [0.25, 0.3) is 0 Å². The van der Waals surface area contributed by atoms with Crippen molar-refractivity contribution >= 4 is 5.95 Å². The summed E-state index contributed by atoms with van der Waals surface area (Å²) in [6, 6.07) is 1.73. The Morgan fingerprint density at radius 1 is 1.69 bits per heavy atom. The van der Waals surface area contributed by atoms with E-state index in [1.807, 2.05) is 0 Å². The van der Waals surface area contributed by atoms with E-state index >= 15 is 0 Å². The van der Waals surface area contributed by atoms with Crippen molar-refractivity contribution in [1.82, 2.24) is 9.97 Å². The molecule has 1 saturated heterocycles. The maximum absolute atomic E-state index is 5.58. The molecule has 0 saturated carbocycles. The summed E-state index contributed by atoms with van der Waals surface area (Å²) in [7, 11) is 1.59. The fraction of sp³-hybridized carbons (Fsp3) is 0.600. The summed E-state index contributed by atoms with van der Waals surface area (Å²) < 4.78 is 10.5. The number of ether oxygens (including phenoxy) is 2. The maximum atomic E-state index is 5.58. The number of hydrogen-bond acceptors (Lipinski definition) is 6. The molecule has 6 heteroatoms. The summed E-state index contributed by atoms with van der Waals surface area (Å²) in [6.45, 7) is 2.68. The molecule has 16 heavy (non-hydrogen) atoms. The number of morpholine rings is 1. The Bertz CT molecular complexity index is 347. The van der Waals surface area contributed by atoms with Gasteiger partial charge in [-0.25, -0.2) is 4.98 Å². The number of aromatic nitrogens is 2. The number of hydrogen-bond donors (Lipinski definition) is 1. The summed E-state index contributed by atoms with van der Waals surface area (Å²) in [5.41, 5.74) is 5.58. The molecule has 1 aliphatic rings. The summed E-state index contributed by atoms with van der Waals surface area (Å²) in [5, 5.41) is 0. The van der Waals surface area contributed by atoms with Crippen molar-refractivity contribution < 1.29 is 9.47 Å². The molecule has 1 aromatic heterocycles. The number of anilines is 1. The Kier molecular flexibility index (Phi) is 3.53. The van der Waals surface area contributed by atoms with E-state index in [-0.39, 0.29) is 6.10 Å². The topological polar surface area (TPSA) is 73.5 Å². The van der Waals surface area contributed by atoms with E-state index in [2.05, 4.69) is 14.9 Å². The lowest BCUT2D eigenvalue weighted by molar-refractivity contribution is 0.0459. The van der Waals surface area contributed by atoms with Crippen molar-refractivity contribution in [2.75, 3.05) is 38.3 Å². The standard InChI is InChI=1S/C10H16N4O2/c1-15-9-2-3-12-10(13-9)14-4-5-16-8(6-11)7-14/h2-3,8H,4-7,11H2,1H3. The largest absolute Gasteiger partial charge is 0.481 e. The molecule has 0 bridgehead atoms. The number of nitrogens with zero attached hydrogens (tertiary/aromatic N) is 3.